The Bertz CT molecular complexity index is 201. The first-order valence-electron chi connectivity index (χ1n) is 5.13. The number of carbonyl (C=O) groups is 2. The van der Waals surface area contributed by atoms with Crippen LogP contribution in [0.15, 0.2) is 0 Å². The lowest BCUT2D eigenvalue weighted by Crippen LogP contribution is -2.19. The molecule has 0 bridgehead atoms. The first kappa shape index (κ1) is 18.2. The van der Waals surface area contributed by atoms with Gasteiger partial charge in [-0.15, -0.1) is 0 Å². The number of aliphatic hydroxyl groups is 2. The Morgan fingerprint density at radius 2 is 1.53 bits per heavy atom. The molecule has 0 aromatic heterocycles. The third kappa shape index (κ3) is 20.8. The quantitative estimate of drug-likeness (QED) is 0.490. The van der Waals surface area contributed by atoms with Crippen molar-refractivity contribution in [2.75, 3.05) is 13.2 Å². The maximum absolute atomic E-state index is 9.64. The molecule has 0 fully saturated rings. The third-order valence-corrected chi connectivity index (χ3v) is 1.43. The topological polar surface area (TPSA) is 124 Å². The number of hydrogen-bond donors (Lipinski definition) is 4. The summed E-state index contributed by atoms with van der Waals surface area (Å²) in [4.78, 5) is 19.3. The Kier molecular flexibility index (Phi) is 12.1. The predicted molar refractivity (Wildman–Crippen MR) is 58.7 cm³/mol. The van der Waals surface area contributed by atoms with Crippen LogP contribution in [0.4, 0.5) is 0 Å². The minimum atomic E-state index is -1.08. The van der Waals surface area contributed by atoms with Gasteiger partial charge in [-0.2, -0.15) is 0 Å². The van der Waals surface area contributed by atoms with Crippen LogP contribution in [-0.2, 0) is 14.3 Å². The van der Waals surface area contributed by atoms with Crippen LogP contribution in [0.1, 0.15) is 26.7 Å². The lowest BCUT2D eigenvalue weighted by Gasteiger charge is -2.10. The highest BCUT2D eigenvalue weighted by molar-refractivity contribution is 5.75. The smallest absolute Gasteiger partial charge is 0.303 e. The molecule has 0 saturated heterocycles. The second kappa shape index (κ2) is 11.3. The van der Waals surface area contributed by atoms with Crippen LogP contribution in [0.25, 0.3) is 0 Å². The fourth-order valence-corrected chi connectivity index (χ4v) is 0.570. The van der Waals surface area contributed by atoms with Crippen LogP contribution in [0.2, 0.25) is 0 Å². The monoisotopic (exact) mass is 252 g/mol. The minimum Gasteiger partial charge on any atom is -0.481 e. The average molecular weight is 252 g/mol. The number of aliphatic carboxylic acids is 2. The molecule has 0 saturated carbocycles. The van der Waals surface area contributed by atoms with Gasteiger partial charge in [0.2, 0.25) is 0 Å². The largest absolute Gasteiger partial charge is 0.481 e. The van der Waals surface area contributed by atoms with Crippen molar-refractivity contribution in [2.45, 2.75) is 38.9 Å². The van der Waals surface area contributed by atoms with E-state index >= 15 is 0 Å². The first-order chi connectivity index (χ1) is 7.79. The molecule has 7 heteroatoms. The van der Waals surface area contributed by atoms with Gasteiger partial charge < -0.3 is 25.2 Å². The van der Waals surface area contributed by atoms with E-state index in [1.165, 1.54) is 0 Å². The molecule has 0 heterocycles. The molecule has 102 valence electrons. The van der Waals surface area contributed by atoms with Crippen LogP contribution < -0.4 is 0 Å². The van der Waals surface area contributed by atoms with Crippen molar-refractivity contribution in [3.8, 4) is 0 Å². The van der Waals surface area contributed by atoms with Gasteiger partial charge in [0.05, 0.1) is 38.3 Å². The third-order valence-electron chi connectivity index (χ3n) is 1.43. The maximum atomic E-state index is 9.64. The van der Waals surface area contributed by atoms with Gasteiger partial charge in [-0.05, 0) is 13.8 Å². The summed E-state index contributed by atoms with van der Waals surface area (Å²) in [7, 11) is 0. The fourth-order valence-electron chi connectivity index (χ4n) is 0.570. The van der Waals surface area contributed by atoms with Crippen LogP contribution in [0.3, 0.4) is 0 Å². The molecule has 2 atom stereocenters. The maximum Gasteiger partial charge on any atom is 0.303 e. The standard InChI is InChI=1S/C6H14O3.C4H6O4/c1-5(8)4-9-6(2)3-7;5-3(6)1-2-4(7)8/h5-8H,3-4H2,1-2H3;1-2H2,(H,5,6)(H,7,8). The Balaban J connectivity index is 0. The molecule has 0 aliphatic heterocycles. The second-order valence-corrected chi connectivity index (χ2v) is 3.46. The molecule has 7 nitrogen and oxygen atoms in total. The molecule has 0 radical (unpaired) electrons. The molecule has 17 heavy (non-hydrogen) atoms. The molecule has 0 aromatic rings. The fraction of sp³-hybridized carbons (Fsp3) is 0.800. The minimum absolute atomic E-state index is 0.00667. The van der Waals surface area contributed by atoms with Gasteiger partial charge in [-0.3, -0.25) is 9.59 Å². The van der Waals surface area contributed by atoms with Crippen molar-refractivity contribution < 1.29 is 34.8 Å². The van der Waals surface area contributed by atoms with Gasteiger partial charge in [0.1, 0.15) is 0 Å². The predicted octanol–water partition coefficient (Wildman–Crippen LogP) is -0.300. The summed E-state index contributed by atoms with van der Waals surface area (Å²) in [5.41, 5.74) is 0. The Morgan fingerprint density at radius 1 is 1.12 bits per heavy atom. The molecule has 2 unspecified atom stereocenters. The normalized spacial score (nSPS) is 13.2. The zero-order chi connectivity index (χ0) is 13.8. The van der Waals surface area contributed by atoms with Crippen LogP contribution in [0.5, 0.6) is 0 Å². The number of ether oxygens (including phenoxy) is 1. The zero-order valence-corrected chi connectivity index (χ0v) is 10.00. The summed E-state index contributed by atoms with van der Waals surface area (Å²) in [5.74, 6) is -2.15. The van der Waals surface area contributed by atoms with Crippen molar-refractivity contribution >= 4 is 11.9 Å². The van der Waals surface area contributed by atoms with Crippen LogP contribution in [0, 0.1) is 0 Å². The number of carboxylic acids is 2. The number of hydrogen-bond acceptors (Lipinski definition) is 5. The van der Waals surface area contributed by atoms with Gasteiger partial charge in [0.15, 0.2) is 0 Å². The lowest BCUT2D eigenvalue weighted by atomic mass is 10.3. The summed E-state index contributed by atoms with van der Waals surface area (Å²) < 4.78 is 4.95. The van der Waals surface area contributed by atoms with E-state index in [1.807, 2.05) is 0 Å². The van der Waals surface area contributed by atoms with E-state index < -0.39 is 18.0 Å². The SMILES string of the molecule is CC(O)COC(C)CO.O=C(O)CCC(=O)O. The van der Waals surface area contributed by atoms with Crippen LogP contribution in [-0.4, -0.2) is 57.8 Å². The molecule has 0 aliphatic rings. The van der Waals surface area contributed by atoms with E-state index in [-0.39, 0.29) is 25.6 Å². The van der Waals surface area contributed by atoms with Crippen molar-refractivity contribution in [3.05, 3.63) is 0 Å². The highest BCUT2D eigenvalue weighted by Gasteiger charge is 2.01. The number of rotatable bonds is 7. The van der Waals surface area contributed by atoms with Gasteiger partial charge in [-0.1, -0.05) is 0 Å². The Labute approximate surface area is 99.6 Å². The summed E-state index contributed by atoms with van der Waals surface area (Å²) in [5, 5.41) is 32.9. The molecule has 0 aliphatic carbocycles. The highest BCUT2D eigenvalue weighted by atomic mass is 16.5. The van der Waals surface area contributed by atoms with E-state index in [4.69, 9.17) is 25.2 Å². The van der Waals surface area contributed by atoms with Crippen molar-refractivity contribution in [2.24, 2.45) is 0 Å². The molecular formula is C10H20O7. The summed E-state index contributed by atoms with van der Waals surface area (Å²) in [6.07, 6.45) is -1.21. The summed E-state index contributed by atoms with van der Waals surface area (Å²) >= 11 is 0. The Morgan fingerprint density at radius 3 is 1.76 bits per heavy atom. The summed E-state index contributed by atoms with van der Waals surface area (Å²) in [6.45, 7) is 3.70. The number of carboxylic acid groups (broad SMARTS) is 2. The molecule has 0 amide bonds. The van der Waals surface area contributed by atoms with Crippen molar-refractivity contribution in [1.29, 1.82) is 0 Å². The molecular weight excluding hydrogens is 232 g/mol. The van der Waals surface area contributed by atoms with E-state index in [0.717, 1.165) is 0 Å². The van der Waals surface area contributed by atoms with Gasteiger partial charge >= 0.3 is 11.9 Å². The van der Waals surface area contributed by atoms with Gasteiger partial charge in [-0.25, -0.2) is 0 Å². The van der Waals surface area contributed by atoms with Gasteiger partial charge in [0.25, 0.3) is 0 Å². The second-order valence-electron chi connectivity index (χ2n) is 3.46. The molecule has 0 spiro atoms. The Hall–Kier alpha value is -1.18. The number of aliphatic hydroxyl groups excluding tert-OH is 2. The van der Waals surface area contributed by atoms with Gasteiger partial charge in [0, 0.05) is 0 Å². The molecule has 0 rings (SSSR count). The van der Waals surface area contributed by atoms with E-state index in [1.54, 1.807) is 13.8 Å². The van der Waals surface area contributed by atoms with E-state index in [2.05, 4.69) is 0 Å². The van der Waals surface area contributed by atoms with E-state index in [9.17, 15) is 9.59 Å². The zero-order valence-electron chi connectivity index (χ0n) is 10.00. The molecule has 4 N–H and O–H groups in total. The van der Waals surface area contributed by atoms with Crippen molar-refractivity contribution in [3.63, 3.8) is 0 Å². The lowest BCUT2D eigenvalue weighted by molar-refractivity contribution is -0.143. The van der Waals surface area contributed by atoms with Crippen LogP contribution >= 0.6 is 0 Å². The summed E-state index contributed by atoms with van der Waals surface area (Å²) in [6, 6.07) is 0. The first-order valence-corrected chi connectivity index (χ1v) is 5.13. The highest BCUT2D eigenvalue weighted by Crippen LogP contribution is 1.90. The van der Waals surface area contributed by atoms with Crippen molar-refractivity contribution in [1.82, 2.24) is 0 Å². The molecule has 0 aromatic carbocycles. The van der Waals surface area contributed by atoms with E-state index in [0.29, 0.717) is 6.61 Å². The average Bonchev–Trinajstić information content (AvgIpc) is 2.23.